The van der Waals surface area contributed by atoms with Gasteiger partial charge in [-0.25, -0.2) is 19.0 Å². The zero-order valence-corrected chi connectivity index (χ0v) is 20.3. The highest BCUT2D eigenvalue weighted by Crippen LogP contribution is 2.21. The monoisotopic (exact) mass is 516 g/mol. The molecule has 2 N–H and O–H groups in total. The molecule has 0 aliphatic rings. The van der Waals surface area contributed by atoms with Gasteiger partial charge in [0.05, 0.1) is 6.26 Å². The highest BCUT2D eigenvalue weighted by atomic mass is 19.1. The van der Waals surface area contributed by atoms with Gasteiger partial charge in [0.15, 0.2) is 17.0 Å². The molecule has 0 saturated carbocycles. The van der Waals surface area contributed by atoms with Crippen molar-refractivity contribution in [3.8, 4) is 5.75 Å². The van der Waals surface area contributed by atoms with E-state index in [-0.39, 0.29) is 40.8 Å². The van der Waals surface area contributed by atoms with Gasteiger partial charge in [-0.3, -0.25) is 13.9 Å². The number of imidazole rings is 1. The van der Waals surface area contributed by atoms with Crippen LogP contribution in [0, 0.1) is 5.82 Å². The summed E-state index contributed by atoms with van der Waals surface area (Å²) in [5.41, 5.74) is 0.582. The number of hydrogen-bond donors (Lipinski definition) is 1. The van der Waals surface area contributed by atoms with E-state index < -0.39 is 23.0 Å². The Kier molecular flexibility index (Phi) is 6.21. The Balaban J connectivity index is 1.60. The maximum atomic E-state index is 13.5. The van der Waals surface area contributed by atoms with Crippen LogP contribution in [-0.4, -0.2) is 30.4 Å². The van der Waals surface area contributed by atoms with Gasteiger partial charge in [0.25, 0.3) is 5.56 Å². The highest BCUT2D eigenvalue weighted by molar-refractivity contribution is 6.12. The first-order valence-electron chi connectivity index (χ1n) is 11.3. The van der Waals surface area contributed by atoms with Crippen LogP contribution < -0.4 is 21.8 Å². The Morgan fingerprint density at radius 2 is 1.76 bits per heavy atom. The third kappa shape index (κ3) is 4.28. The second-order valence-corrected chi connectivity index (χ2v) is 8.39. The number of esters is 1. The number of carbonyl (C=O) groups excluding carboxylic acids is 1. The van der Waals surface area contributed by atoms with E-state index in [0.29, 0.717) is 11.1 Å². The molecule has 0 unspecified atom stereocenters. The van der Waals surface area contributed by atoms with Crippen molar-refractivity contribution < 1.29 is 18.3 Å². The third-order valence-corrected chi connectivity index (χ3v) is 6.00. The van der Waals surface area contributed by atoms with E-state index in [9.17, 15) is 18.8 Å². The van der Waals surface area contributed by atoms with Crippen LogP contribution in [-0.2, 0) is 20.6 Å². The van der Waals surface area contributed by atoms with Gasteiger partial charge in [0.2, 0.25) is 5.76 Å². The molecule has 0 bridgehead atoms. The van der Waals surface area contributed by atoms with Crippen LogP contribution >= 0.6 is 0 Å². The molecule has 0 amide bonds. The van der Waals surface area contributed by atoms with Crippen molar-refractivity contribution in [3.05, 3.63) is 116 Å². The van der Waals surface area contributed by atoms with Crippen LogP contribution in [0.5, 0.6) is 5.75 Å². The summed E-state index contributed by atoms with van der Waals surface area (Å²) in [4.78, 5) is 42.5. The molecule has 0 saturated heterocycles. The maximum Gasteiger partial charge on any atom is 0.379 e. The molecule has 0 spiro atoms. The number of carbonyl (C=O) groups is 1. The van der Waals surface area contributed by atoms with E-state index in [1.54, 1.807) is 47.0 Å². The van der Waals surface area contributed by atoms with E-state index >= 15 is 0 Å². The molecular weight excluding hydrogens is 495 g/mol. The molecular formula is C26H21FN6O5. The second kappa shape index (κ2) is 9.65. The van der Waals surface area contributed by atoms with Crippen LogP contribution in [0.15, 0.2) is 86.0 Å². The number of furan rings is 1. The summed E-state index contributed by atoms with van der Waals surface area (Å²) < 4.78 is 27.7. The quantitative estimate of drug-likeness (QED) is 0.120. The fourth-order valence-electron chi connectivity index (χ4n) is 4.05. The molecule has 3 aromatic heterocycles. The molecule has 0 atom stereocenters. The van der Waals surface area contributed by atoms with Gasteiger partial charge in [-0.05, 0) is 54.1 Å². The predicted molar refractivity (Wildman–Crippen MR) is 136 cm³/mol. The number of hydrazone groups is 1. The van der Waals surface area contributed by atoms with Crippen molar-refractivity contribution in [1.29, 1.82) is 0 Å². The number of benzene rings is 2. The smallest absolute Gasteiger partial charge is 0.379 e. The lowest BCUT2D eigenvalue weighted by molar-refractivity contribution is 0.0701. The van der Waals surface area contributed by atoms with E-state index in [1.165, 1.54) is 43.1 Å². The summed E-state index contributed by atoms with van der Waals surface area (Å²) in [6, 6.07) is 15.2. The van der Waals surface area contributed by atoms with Gasteiger partial charge in [-0.15, -0.1) is 0 Å². The fourth-order valence-corrected chi connectivity index (χ4v) is 4.05. The number of halogens is 1. The fraction of sp³-hybridized carbons (Fsp3) is 0.115. The Labute approximate surface area is 213 Å². The number of aryl methyl sites for hydroxylation is 1. The van der Waals surface area contributed by atoms with Crippen LogP contribution in [0.4, 0.5) is 4.39 Å². The Morgan fingerprint density at radius 1 is 1.05 bits per heavy atom. The number of aromatic nitrogens is 4. The molecule has 0 fully saturated rings. The average Bonchev–Trinajstić information content (AvgIpc) is 3.58. The van der Waals surface area contributed by atoms with Crippen molar-refractivity contribution in [2.24, 2.45) is 25.0 Å². The summed E-state index contributed by atoms with van der Waals surface area (Å²) in [6.45, 7) is 0.122. The topological polar surface area (TPSA) is 140 Å². The van der Waals surface area contributed by atoms with E-state index in [2.05, 4.69) is 10.1 Å². The molecule has 5 aromatic rings. The molecule has 3 heterocycles. The SMILES string of the molecule is Cn1c(=O)c2c(nc(/C(=N/N)c3ccc(OC(=O)c4ccco4)cc3)n2Cc2ccc(F)cc2)n(C)c1=O. The van der Waals surface area contributed by atoms with Crippen molar-refractivity contribution >= 4 is 22.8 Å². The number of rotatable bonds is 6. The highest BCUT2D eigenvalue weighted by Gasteiger charge is 2.23. The number of nitrogens with zero attached hydrogens (tertiary/aromatic N) is 5. The van der Waals surface area contributed by atoms with Crippen molar-refractivity contribution in [1.82, 2.24) is 18.7 Å². The van der Waals surface area contributed by atoms with E-state index in [1.807, 2.05) is 0 Å². The van der Waals surface area contributed by atoms with Gasteiger partial charge in [0, 0.05) is 26.2 Å². The first-order valence-corrected chi connectivity index (χ1v) is 11.3. The molecule has 192 valence electrons. The van der Waals surface area contributed by atoms with Gasteiger partial charge in [-0.2, -0.15) is 5.10 Å². The molecule has 38 heavy (non-hydrogen) atoms. The molecule has 5 rings (SSSR count). The minimum atomic E-state index is -0.659. The molecule has 0 aliphatic carbocycles. The lowest BCUT2D eigenvalue weighted by atomic mass is 10.1. The predicted octanol–water partition coefficient (Wildman–Crippen LogP) is 2.14. The molecule has 0 aliphatic heterocycles. The average molecular weight is 516 g/mol. The van der Waals surface area contributed by atoms with E-state index in [4.69, 9.17) is 15.0 Å². The number of ether oxygens (including phenoxy) is 1. The van der Waals surface area contributed by atoms with Gasteiger partial charge >= 0.3 is 11.7 Å². The van der Waals surface area contributed by atoms with Crippen LogP contribution in [0.25, 0.3) is 11.2 Å². The molecule has 2 aromatic carbocycles. The van der Waals surface area contributed by atoms with Crippen molar-refractivity contribution in [2.45, 2.75) is 6.54 Å². The van der Waals surface area contributed by atoms with Gasteiger partial charge < -0.3 is 19.6 Å². The molecule has 11 nitrogen and oxygen atoms in total. The standard InChI is InChI=1S/C26H21FN6O5/c1-31-23-21(24(34)32(2)26(31)36)33(14-15-5-9-17(27)10-6-15)22(29-23)20(30-28)16-7-11-18(12-8-16)38-25(35)19-4-3-13-37-19/h3-13H,14,28H2,1-2H3/b30-20+. The zero-order valence-electron chi connectivity index (χ0n) is 20.3. The maximum absolute atomic E-state index is 13.5. The normalized spacial score (nSPS) is 11.7. The van der Waals surface area contributed by atoms with E-state index in [0.717, 1.165) is 4.57 Å². The number of hydrogen-bond acceptors (Lipinski definition) is 8. The Bertz CT molecular complexity index is 1800. The Hall–Kier alpha value is -5.26. The first-order chi connectivity index (χ1) is 18.3. The summed E-state index contributed by atoms with van der Waals surface area (Å²) in [6.07, 6.45) is 1.37. The molecule has 0 radical (unpaired) electrons. The van der Waals surface area contributed by atoms with Gasteiger partial charge in [0.1, 0.15) is 17.3 Å². The van der Waals surface area contributed by atoms with Crippen molar-refractivity contribution in [3.63, 3.8) is 0 Å². The first kappa shape index (κ1) is 24.4. The summed E-state index contributed by atoms with van der Waals surface area (Å²) in [5, 5.41) is 3.93. The second-order valence-electron chi connectivity index (χ2n) is 8.39. The van der Waals surface area contributed by atoms with Crippen LogP contribution in [0.3, 0.4) is 0 Å². The largest absolute Gasteiger partial charge is 0.457 e. The lowest BCUT2D eigenvalue weighted by Crippen LogP contribution is -2.37. The lowest BCUT2D eigenvalue weighted by Gasteiger charge is -2.12. The van der Waals surface area contributed by atoms with Crippen LogP contribution in [0.2, 0.25) is 0 Å². The number of nitrogens with two attached hydrogens (primary N) is 1. The Morgan fingerprint density at radius 3 is 2.39 bits per heavy atom. The van der Waals surface area contributed by atoms with Crippen molar-refractivity contribution in [2.75, 3.05) is 0 Å². The van der Waals surface area contributed by atoms with Crippen LogP contribution in [0.1, 0.15) is 27.5 Å². The summed E-state index contributed by atoms with van der Waals surface area (Å²) in [7, 11) is 2.88. The minimum absolute atomic E-state index is 0.0555. The molecule has 12 heteroatoms. The summed E-state index contributed by atoms with van der Waals surface area (Å²) >= 11 is 0. The minimum Gasteiger partial charge on any atom is -0.457 e. The summed E-state index contributed by atoms with van der Waals surface area (Å²) in [5.74, 6) is 5.25. The zero-order chi connectivity index (χ0) is 27.0. The number of fused-ring (bicyclic) bond motifs is 1. The van der Waals surface area contributed by atoms with Gasteiger partial charge in [-0.1, -0.05) is 12.1 Å². The third-order valence-electron chi connectivity index (χ3n) is 6.00.